The highest BCUT2D eigenvalue weighted by atomic mass is 19.4. The minimum atomic E-state index is -4.83. The van der Waals surface area contributed by atoms with Gasteiger partial charge in [-0.25, -0.2) is 0 Å². The molecule has 0 saturated heterocycles. The zero-order valence-electron chi connectivity index (χ0n) is 10.2. The summed E-state index contributed by atoms with van der Waals surface area (Å²) in [6.07, 6.45) is -4.33. The molecule has 0 spiro atoms. The van der Waals surface area contributed by atoms with Crippen molar-refractivity contribution in [2.45, 2.75) is 6.36 Å². The first-order valence-electron chi connectivity index (χ1n) is 5.42. The van der Waals surface area contributed by atoms with Gasteiger partial charge in [-0.2, -0.15) is 0 Å². The smallest absolute Gasteiger partial charge is 0.493 e. The van der Waals surface area contributed by atoms with Crippen molar-refractivity contribution in [2.24, 2.45) is 0 Å². The van der Waals surface area contributed by atoms with Gasteiger partial charge in [0.05, 0.1) is 7.11 Å². The van der Waals surface area contributed by atoms with Gasteiger partial charge in [0.2, 0.25) is 0 Å². The van der Waals surface area contributed by atoms with Gasteiger partial charge in [-0.1, -0.05) is 0 Å². The van der Waals surface area contributed by atoms with Crippen molar-refractivity contribution in [1.82, 2.24) is 0 Å². The largest absolute Gasteiger partial charge is 0.573 e. The summed E-state index contributed by atoms with van der Waals surface area (Å²) in [5.41, 5.74) is 0.332. The zero-order chi connectivity index (χ0) is 14.8. The Morgan fingerprint density at radius 2 is 1.90 bits per heavy atom. The van der Waals surface area contributed by atoms with E-state index in [-0.39, 0.29) is 17.3 Å². The first kappa shape index (κ1) is 14.0. The molecular formula is C13H9F3O4. The average Bonchev–Trinajstić information content (AvgIpc) is 2.85. The highest BCUT2D eigenvalue weighted by molar-refractivity contribution is 5.73. The maximum atomic E-state index is 12.3. The summed E-state index contributed by atoms with van der Waals surface area (Å²) < 4.78 is 50.7. The van der Waals surface area contributed by atoms with Crippen molar-refractivity contribution in [1.29, 1.82) is 0 Å². The summed E-state index contributed by atoms with van der Waals surface area (Å²) in [7, 11) is 1.23. The highest BCUT2D eigenvalue weighted by Crippen LogP contribution is 2.36. The Kier molecular flexibility index (Phi) is 3.69. The number of alkyl halides is 3. The second-order valence-corrected chi connectivity index (χ2v) is 3.73. The molecule has 7 heteroatoms. The molecule has 20 heavy (non-hydrogen) atoms. The fourth-order valence-electron chi connectivity index (χ4n) is 1.61. The van der Waals surface area contributed by atoms with Crippen LogP contribution in [0.15, 0.2) is 34.7 Å². The number of hydrogen-bond acceptors (Lipinski definition) is 4. The molecule has 1 heterocycles. The predicted octanol–water partition coefficient (Wildman–Crippen LogP) is 3.67. The summed E-state index contributed by atoms with van der Waals surface area (Å²) in [6.45, 7) is 0. The van der Waals surface area contributed by atoms with Crippen LogP contribution in [0.4, 0.5) is 13.2 Å². The number of carbonyl (C=O) groups excluding carboxylic acids is 1. The number of rotatable bonds is 4. The summed E-state index contributed by atoms with van der Waals surface area (Å²) in [4.78, 5) is 10.5. The number of aldehydes is 1. The Hall–Kier alpha value is -2.44. The third kappa shape index (κ3) is 3.11. The van der Waals surface area contributed by atoms with Crippen molar-refractivity contribution >= 4 is 6.29 Å². The summed E-state index contributed by atoms with van der Waals surface area (Å²) in [5, 5.41) is 0. The number of carbonyl (C=O) groups is 1. The minimum Gasteiger partial charge on any atom is -0.493 e. The molecule has 0 bridgehead atoms. The van der Waals surface area contributed by atoms with Crippen LogP contribution >= 0.6 is 0 Å². The Balaban J connectivity index is 2.40. The number of hydrogen-bond donors (Lipinski definition) is 0. The van der Waals surface area contributed by atoms with Crippen LogP contribution in [0.25, 0.3) is 11.3 Å². The first-order valence-corrected chi connectivity index (χ1v) is 5.42. The van der Waals surface area contributed by atoms with Crippen molar-refractivity contribution in [3.63, 3.8) is 0 Å². The van der Waals surface area contributed by atoms with Crippen molar-refractivity contribution < 1.29 is 31.9 Å². The second kappa shape index (κ2) is 5.28. The van der Waals surface area contributed by atoms with Crippen LogP contribution in [0, 0.1) is 0 Å². The molecule has 0 fully saturated rings. The lowest BCUT2D eigenvalue weighted by atomic mass is 10.1. The maximum absolute atomic E-state index is 12.3. The van der Waals surface area contributed by atoms with E-state index in [1.807, 2.05) is 0 Å². The minimum absolute atomic E-state index is 0.0618. The van der Waals surface area contributed by atoms with Crippen LogP contribution in [0.1, 0.15) is 10.6 Å². The topological polar surface area (TPSA) is 48.7 Å². The number of methoxy groups -OCH3 is 1. The molecule has 0 aliphatic rings. The molecule has 0 aliphatic heterocycles. The van der Waals surface area contributed by atoms with Gasteiger partial charge in [0.1, 0.15) is 5.76 Å². The van der Waals surface area contributed by atoms with E-state index in [9.17, 15) is 18.0 Å². The average molecular weight is 286 g/mol. The number of benzene rings is 1. The first-order chi connectivity index (χ1) is 9.43. The van der Waals surface area contributed by atoms with E-state index in [2.05, 4.69) is 4.74 Å². The zero-order valence-corrected chi connectivity index (χ0v) is 10.2. The van der Waals surface area contributed by atoms with Gasteiger partial charge in [0.15, 0.2) is 23.5 Å². The fourth-order valence-corrected chi connectivity index (χ4v) is 1.61. The third-order valence-electron chi connectivity index (χ3n) is 2.42. The van der Waals surface area contributed by atoms with E-state index in [0.717, 1.165) is 6.07 Å². The van der Waals surface area contributed by atoms with Gasteiger partial charge in [0.25, 0.3) is 0 Å². The van der Waals surface area contributed by atoms with Gasteiger partial charge in [-0.3, -0.25) is 4.79 Å². The molecule has 0 saturated carbocycles. The van der Waals surface area contributed by atoms with Crippen molar-refractivity contribution in [3.8, 4) is 22.8 Å². The molecule has 0 radical (unpaired) electrons. The van der Waals surface area contributed by atoms with Crippen LogP contribution in [-0.4, -0.2) is 19.8 Å². The molecule has 0 unspecified atom stereocenters. The fraction of sp³-hybridized carbons (Fsp3) is 0.154. The standard InChI is InChI=1S/C13H9F3O4/c1-18-11-4-2-8(6-12(11)20-13(14,15)16)10-5-3-9(7-17)19-10/h2-7H,1H3. The van der Waals surface area contributed by atoms with Gasteiger partial charge < -0.3 is 13.9 Å². The third-order valence-corrected chi connectivity index (χ3v) is 2.42. The van der Waals surface area contributed by atoms with Gasteiger partial charge in [-0.15, -0.1) is 13.2 Å². The Labute approximate surface area is 111 Å². The van der Waals surface area contributed by atoms with E-state index in [1.165, 1.54) is 31.4 Å². The van der Waals surface area contributed by atoms with Crippen molar-refractivity contribution in [2.75, 3.05) is 7.11 Å². The molecule has 4 nitrogen and oxygen atoms in total. The van der Waals surface area contributed by atoms with E-state index in [4.69, 9.17) is 9.15 Å². The van der Waals surface area contributed by atoms with Crippen LogP contribution in [0.2, 0.25) is 0 Å². The van der Waals surface area contributed by atoms with Gasteiger partial charge in [-0.05, 0) is 30.3 Å². The monoisotopic (exact) mass is 286 g/mol. The highest BCUT2D eigenvalue weighted by Gasteiger charge is 2.32. The lowest BCUT2D eigenvalue weighted by molar-refractivity contribution is -0.275. The molecule has 2 rings (SSSR count). The molecule has 0 aliphatic carbocycles. The van der Waals surface area contributed by atoms with Gasteiger partial charge in [0, 0.05) is 5.56 Å². The SMILES string of the molecule is COc1ccc(-c2ccc(C=O)o2)cc1OC(F)(F)F. The Morgan fingerprint density at radius 3 is 2.45 bits per heavy atom. The molecule has 1 aromatic carbocycles. The lowest BCUT2D eigenvalue weighted by Gasteiger charge is -2.13. The molecule has 0 atom stereocenters. The lowest BCUT2D eigenvalue weighted by Crippen LogP contribution is -2.17. The number of halogens is 3. The summed E-state index contributed by atoms with van der Waals surface area (Å²) in [6, 6.07) is 6.83. The quantitative estimate of drug-likeness (QED) is 0.805. The van der Waals surface area contributed by atoms with E-state index < -0.39 is 12.1 Å². The Morgan fingerprint density at radius 1 is 1.15 bits per heavy atom. The second-order valence-electron chi connectivity index (χ2n) is 3.73. The number of ether oxygens (including phenoxy) is 2. The van der Waals surface area contributed by atoms with E-state index in [0.29, 0.717) is 11.8 Å². The van der Waals surface area contributed by atoms with Crippen LogP contribution in [0.3, 0.4) is 0 Å². The number of furan rings is 1. The summed E-state index contributed by atoms with van der Waals surface area (Å²) >= 11 is 0. The van der Waals surface area contributed by atoms with E-state index >= 15 is 0 Å². The molecular weight excluding hydrogens is 277 g/mol. The normalized spacial score (nSPS) is 11.2. The van der Waals surface area contributed by atoms with Crippen molar-refractivity contribution in [3.05, 3.63) is 36.1 Å². The predicted molar refractivity (Wildman–Crippen MR) is 62.8 cm³/mol. The van der Waals surface area contributed by atoms with E-state index in [1.54, 1.807) is 0 Å². The van der Waals surface area contributed by atoms with Crippen LogP contribution in [0.5, 0.6) is 11.5 Å². The molecule has 0 N–H and O–H groups in total. The Bertz CT molecular complexity index is 616. The van der Waals surface area contributed by atoms with Gasteiger partial charge >= 0.3 is 6.36 Å². The van der Waals surface area contributed by atoms with Crippen LogP contribution in [-0.2, 0) is 0 Å². The summed E-state index contributed by atoms with van der Waals surface area (Å²) in [5.74, 6) is -0.217. The van der Waals surface area contributed by atoms with Crippen LogP contribution < -0.4 is 9.47 Å². The maximum Gasteiger partial charge on any atom is 0.573 e. The molecule has 0 amide bonds. The molecule has 1 aromatic heterocycles. The molecule has 106 valence electrons. The molecule has 2 aromatic rings.